The lowest BCUT2D eigenvalue weighted by molar-refractivity contribution is -0.156. The second-order valence-corrected chi connectivity index (χ2v) is 9.21. The molecule has 2 nitrogen and oxygen atoms in total. The van der Waals surface area contributed by atoms with Gasteiger partial charge in [0.05, 0.1) is 0 Å². The van der Waals surface area contributed by atoms with Crippen LogP contribution < -0.4 is 10.6 Å². The molecule has 2 aromatic carbocycles. The summed E-state index contributed by atoms with van der Waals surface area (Å²) in [5.41, 5.74) is -0.485. The molecular formula is C22H23O2P. The average molecular weight is 350 g/mol. The van der Waals surface area contributed by atoms with E-state index in [0.29, 0.717) is 0 Å². The van der Waals surface area contributed by atoms with Crippen LogP contribution in [0.1, 0.15) is 20.8 Å². The van der Waals surface area contributed by atoms with Gasteiger partial charge in [-0.3, -0.25) is 4.79 Å². The average Bonchev–Trinajstić information content (AvgIpc) is 3.05. The summed E-state index contributed by atoms with van der Waals surface area (Å²) in [6, 6.07) is 20.8. The molecule has 0 aromatic heterocycles. The number of allylic oxidation sites excluding steroid dienone is 2. The number of ether oxygens (including phenoxy) is 1. The SMILES string of the molecule is CC(C)(C)OC(=O)C1C=CC=C1P(c1ccccc1)c1ccccc1. The molecule has 2 aromatic rings. The zero-order valence-corrected chi connectivity index (χ0v) is 15.7. The van der Waals surface area contributed by atoms with Gasteiger partial charge >= 0.3 is 5.97 Å². The number of hydrogen-bond acceptors (Lipinski definition) is 2. The Bertz CT molecular complexity index is 746. The normalized spacial score (nSPS) is 16.8. The molecule has 1 aliphatic carbocycles. The molecule has 1 unspecified atom stereocenters. The predicted molar refractivity (Wildman–Crippen MR) is 106 cm³/mol. The first-order chi connectivity index (χ1) is 12.0. The molecule has 0 N–H and O–H groups in total. The lowest BCUT2D eigenvalue weighted by Crippen LogP contribution is -2.29. The van der Waals surface area contributed by atoms with Gasteiger partial charge in [-0.2, -0.15) is 0 Å². The fraction of sp³-hybridized carbons (Fsp3) is 0.227. The Morgan fingerprint density at radius 3 is 1.92 bits per heavy atom. The minimum Gasteiger partial charge on any atom is -0.459 e. The second kappa shape index (κ2) is 7.37. The van der Waals surface area contributed by atoms with Crippen LogP contribution in [0, 0.1) is 5.92 Å². The molecule has 3 rings (SSSR count). The van der Waals surface area contributed by atoms with Gasteiger partial charge in [0.25, 0.3) is 0 Å². The zero-order valence-electron chi connectivity index (χ0n) is 14.8. The van der Waals surface area contributed by atoms with Gasteiger partial charge < -0.3 is 4.74 Å². The molecule has 0 aliphatic heterocycles. The molecule has 0 amide bonds. The molecule has 128 valence electrons. The lowest BCUT2D eigenvalue weighted by Gasteiger charge is -2.27. The van der Waals surface area contributed by atoms with Gasteiger partial charge in [-0.1, -0.05) is 78.9 Å². The van der Waals surface area contributed by atoms with Crippen LogP contribution in [0.2, 0.25) is 0 Å². The van der Waals surface area contributed by atoms with E-state index >= 15 is 0 Å². The third kappa shape index (κ3) is 4.27. The Morgan fingerprint density at radius 2 is 1.44 bits per heavy atom. The first kappa shape index (κ1) is 17.6. The molecule has 0 saturated carbocycles. The molecule has 3 heteroatoms. The Kier molecular flexibility index (Phi) is 5.20. The van der Waals surface area contributed by atoms with Crippen molar-refractivity contribution >= 4 is 24.5 Å². The van der Waals surface area contributed by atoms with Gasteiger partial charge in [0.2, 0.25) is 0 Å². The number of carbonyl (C=O) groups excluding carboxylic acids is 1. The summed E-state index contributed by atoms with van der Waals surface area (Å²) in [6.07, 6.45) is 6.01. The summed E-state index contributed by atoms with van der Waals surface area (Å²) in [4.78, 5) is 12.7. The van der Waals surface area contributed by atoms with Crippen LogP contribution in [0.15, 0.2) is 84.2 Å². The van der Waals surface area contributed by atoms with E-state index in [0.717, 1.165) is 5.31 Å². The smallest absolute Gasteiger partial charge is 0.317 e. The van der Waals surface area contributed by atoms with Crippen LogP contribution in [-0.2, 0) is 9.53 Å². The fourth-order valence-electron chi connectivity index (χ4n) is 2.85. The van der Waals surface area contributed by atoms with E-state index in [-0.39, 0.29) is 11.9 Å². The van der Waals surface area contributed by atoms with Crippen molar-refractivity contribution in [2.45, 2.75) is 26.4 Å². The fourth-order valence-corrected chi connectivity index (χ4v) is 5.39. The van der Waals surface area contributed by atoms with E-state index in [9.17, 15) is 4.79 Å². The summed E-state index contributed by atoms with van der Waals surface area (Å²) in [6.45, 7) is 5.72. The number of carbonyl (C=O) groups is 1. The Labute approximate surface area is 151 Å². The molecule has 0 radical (unpaired) electrons. The predicted octanol–water partition coefficient (Wildman–Crippen LogP) is 4.53. The van der Waals surface area contributed by atoms with Crippen molar-refractivity contribution in [3.05, 3.63) is 84.2 Å². The van der Waals surface area contributed by atoms with Crippen molar-refractivity contribution in [3.8, 4) is 0 Å². The Morgan fingerprint density at radius 1 is 0.920 bits per heavy atom. The highest BCUT2D eigenvalue weighted by Crippen LogP contribution is 2.49. The maximum atomic E-state index is 12.7. The molecule has 1 aliphatic rings. The van der Waals surface area contributed by atoms with E-state index in [1.54, 1.807) is 0 Å². The Balaban J connectivity index is 1.98. The molecule has 0 fully saturated rings. The number of hydrogen-bond donors (Lipinski definition) is 0. The minimum atomic E-state index is -0.768. The highest BCUT2D eigenvalue weighted by molar-refractivity contribution is 7.76. The first-order valence-electron chi connectivity index (χ1n) is 8.47. The molecule has 0 saturated heterocycles. The largest absolute Gasteiger partial charge is 0.459 e. The van der Waals surface area contributed by atoms with Crippen molar-refractivity contribution in [3.63, 3.8) is 0 Å². The van der Waals surface area contributed by atoms with E-state index in [2.05, 4.69) is 54.6 Å². The van der Waals surface area contributed by atoms with E-state index < -0.39 is 13.5 Å². The van der Waals surface area contributed by atoms with E-state index in [4.69, 9.17) is 4.74 Å². The molecular weight excluding hydrogens is 327 g/mol. The van der Waals surface area contributed by atoms with Crippen LogP contribution >= 0.6 is 7.92 Å². The molecule has 0 spiro atoms. The number of rotatable bonds is 4. The van der Waals surface area contributed by atoms with Crippen LogP contribution in [0.4, 0.5) is 0 Å². The maximum absolute atomic E-state index is 12.7. The topological polar surface area (TPSA) is 26.3 Å². The van der Waals surface area contributed by atoms with Crippen molar-refractivity contribution in [1.29, 1.82) is 0 Å². The number of benzene rings is 2. The van der Waals surface area contributed by atoms with Crippen molar-refractivity contribution < 1.29 is 9.53 Å². The monoisotopic (exact) mass is 350 g/mol. The summed E-state index contributed by atoms with van der Waals surface area (Å²) in [7, 11) is -0.768. The van der Waals surface area contributed by atoms with Gasteiger partial charge in [-0.15, -0.1) is 0 Å². The Hall–Kier alpha value is -2.18. The highest BCUT2D eigenvalue weighted by atomic mass is 31.1. The van der Waals surface area contributed by atoms with Crippen LogP contribution in [-0.4, -0.2) is 11.6 Å². The summed E-state index contributed by atoms with van der Waals surface area (Å²) in [5.74, 6) is -0.488. The molecule has 1 atom stereocenters. The summed E-state index contributed by atoms with van der Waals surface area (Å²) in [5, 5.41) is 3.61. The molecule has 0 bridgehead atoms. The third-order valence-corrected chi connectivity index (χ3v) is 6.41. The maximum Gasteiger partial charge on any atom is 0.317 e. The molecule has 0 heterocycles. The third-order valence-electron chi connectivity index (χ3n) is 3.84. The highest BCUT2D eigenvalue weighted by Gasteiger charge is 2.33. The summed E-state index contributed by atoms with van der Waals surface area (Å²) >= 11 is 0. The quantitative estimate of drug-likeness (QED) is 0.598. The van der Waals surface area contributed by atoms with Crippen molar-refractivity contribution in [2.24, 2.45) is 5.92 Å². The van der Waals surface area contributed by atoms with Gasteiger partial charge in [0, 0.05) is 0 Å². The molecule has 25 heavy (non-hydrogen) atoms. The minimum absolute atomic E-state index is 0.174. The second-order valence-electron chi connectivity index (χ2n) is 6.99. The summed E-state index contributed by atoms with van der Waals surface area (Å²) < 4.78 is 5.65. The number of esters is 1. The zero-order chi connectivity index (χ0) is 17.9. The van der Waals surface area contributed by atoms with Gasteiger partial charge in [0.1, 0.15) is 11.5 Å². The van der Waals surface area contributed by atoms with E-state index in [1.807, 2.05) is 45.1 Å². The van der Waals surface area contributed by atoms with Gasteiger partial charge in [0.15, 0.2) is 0 Å². The van der Waals surface area contributed by atoms with Gasteiger partial charge in [-0.05, 0) is 44.6 Å². The standard InChI is InChI=1S/C22H23O2P/c1-22(2,3)24-21(23)19-15-10-16-20(19)25(17-11-6-4-7-12-17)18-13-8-5-9-14-18/h4-16,19H,1-3H3. The van der Waals surface area contributed by atoms with Crippen LogP contribution in [0.3, 0.4) is 0 Å². The van der Waals surface area contributed by atoms with Crippen molar-refractivity contribution in [2.75, 3.05) is 0 Å². The van der Waals surface area contributed by atoms with E-state index in [1.165, 1.54) is 10.6 Å². The van der Waals surface area contributed by atoms with Gasteiger partial charge in [-0.25, -0.2) is 0 Å². The van der Waals surface area contributed by atoms with Crippen LogP contribution in [0.25, 0.3) is 0 Å². The lowest BCUT2D eigenvalue weighted by atomic mass is 10.1. The van der Waals surface area contributed by atoms with Crippen LogP contribution in [0.5, 0.6) is 0 Å². The van der Waals surface area contributed by atoms with Crippen molar-refractivity contribution in [1.82, 2.24) is 0 Å². The first-order valence-corrected chi connectivity index (χ1v) is 9.81.